The Bertz CT molecular complexity index is 1000. The summed E-state index contributed by atoms with van der Waals surface area (Å²) in [6.45, 7) is 0. The molecule has 5 nitrogen and oxygen atoms in total. The van der Waals surface area contributed by atoms with Crippen molar-refractivity contribution in [1.82, 2.24) is 4.98 Å². The molecule has 0 spiro atoms. The largest absolute Gasteiger partial charge is 0.459 e. The molecule has 2 N–H and O–H groups in total. The molecule has 0 bridgehead atoms. The summed E-state index contributed by atoms with van der Waals surface area (Å²) in [7, 11) is 0. The number of aromatic nitrogens is 1. The van der Waals surface area contributed by atoms with E-state index < -0.39 is 0 Å². The number of carbonyl (C=O) groups is 1. The second-order valence-electron chi connectivity index (χ2n) is 5.51. The summed E-state index contributed by atoms with van der Waals surface area (Å²) in [5, 5.41) is 7.23. The van der Waals surface area contributed by atoms with E-state index in [1.165, 1.54) is 6.26 Å². The van der Waals surface area contributed by atoms with Crippen LogP contribution in [0.3, 0.4) is 0 Å². The topological polar surface area (TPSA) is 67.2 Å². The van der Waals surface area contributed by atoms with E-state index in [1.54, 1.807) is 18.3 Å². The molecule has 0 unspecified atom stereocenters. The third-order valence-electron chi connectivity index (χ3n) is 3.80. The number of hydrogen-bond donors (Lipinski definition) is 2. The third kappa shape index (κ3) is 3.21. The van der Waals surface area contributed by atoms with E-state index >= 15 is 0 Å². The molecular formula is C20H15N3O2. The molecule has 2 heterocycles. The van der Waals surface area contributed by atoms with Crippen molar-refractivity contribution in [1.29, 1.82) is 0 Å². The number of pyridine rings is 1. The molecule has 2 aromatic heterocycles. The molecular weight excluding hydrogens is 314 g/mol. The van der Waals surface area contributed by atoms with E-state index in [0.717, 1.165) is 22.3 Å². The lowest BCUT2D eigenvalue weighted by Crippen LogP contribution is -2.10. The van der Waals surface area contributed by atoms with Gasteiger partial charge in [-0.15, -0.1) is 0 Å². The maximum Gasteiger partial charge on any atom is 0.291 e. The highest BCUT2D eigenvalue weighted by Gasteiger charge is 2.08. The Labute approximate surface area is 144 Å². The van der Waals surface area contributed by atoms with E-state index in [2.05, 4.69) is 15.6 Å². The number of amides is 1. The van der Waals surface area contributed by atoms with Gasteiger partial charge in [-0.3, -0.25) is 9.78 Å². The Morgan fingerprint density at radius 2 is 1.68 bits per heavy atom. The normalized spacial score (nSPS) is 10.6. The third-order valence-corrected chi connectivity index (χ3v) is 3.80. The van der Waals surface area contributed by atoms with Gasteiger partial charge >= 0.3 is 0 Å². The number of benzene rings is 2. The van der Waals surface area contributed by atoms with Gasteiger partial charge in [-0.1, -0.05) is 18.2 Å². The molecule has 5 heteroatoms. The van der Waals surface area contributed by atoms with Crippen molar-refractivity contribution in [2.24, 2.45) is 0 Å². The van der Waals surface area contributed by atoms with Gasteiger partial charge in [-0.2, -0.15) is 0 Å². The van der Waals surface area contributed by atoms with Crippen molar-refractivity contribution in [3.63, 3.8) is 0 Å². The number of hydrogen-bond acceptors (Lipinski definition) is 4. The molecule has 2 aromatic carbocycles. The minimum atomic E-state index is -0.274. The number of rotatable bonds is 4. The van der Waals surface area contributed by atoms with Gasteiger partial charge in [0, 0.05) is 23.0 Å². The smallest absolute Gasteiger partial charge is 0.291 e. The molecule has 0 atom stereocenters. The maximum atomic E-state index is 12.0. The number of para-hydroxylation sites is 1. The summed E-state index contributed by atoms with van der Waals surface area (Å²) in [6.07, 6.45) is 3.25. The van der Waals surface area contributed by atoms with Gasteiger partial charge < -0.3 is 15.1 Å². The zero-order valence-corrected chi connectivity index (χ0v) is 13.3. The lowest BCUT2D eigenvalue weighted by Gasteiger charge is -2.10. The highest BCUT2D eigenvalue weighted by Crippen LogP contribution is 2.25. The van der Waals surface area contributed by atoms with Crippen LogP contribution in [0.25, 0.3) is 10.9 Å². The molecule has 0 radical (unpaired) electrons. The quantitative estimate of drug-likeness (QED) is 0.563. The molecule has 0 saturated carbocycles. The Morgan fingerprint density at radius 3 is 2.48 bits per heavy atom. The molecule has 0 saturated heterocycles. The summed E-state index contributed by atoms with van der Waals surface area (Å²) < 4.78 is 5.08. The number of fused-ring (bicyclic) bond motifs is 1. The zero-order valence-electron chi connectivity index (χ0n) is 13.3. The fourth-order valence-corrected chi connectivity index (χ4v) is 2.60. The molecule has 25 heavy (non-hydrogen) atoms. The van der Waals surface area contributed by atoms with Crippen LogP contribution < -0.4 is 10.6 Å². The van der Waals surface area contributed by atoms with E-state index in [-0.39, 0.29) is 11.7 Å². The minimum Gasteiger partial charge on any atom is -0.459 e. The summed E-state index contributed by atoms with van der Waals surface area (Å²) in [6, 6.07) is 20.7. The van der Waals surface area contributed by atoms with Crippen molar-refractivity contribution in [3.05, 3.63) is 85.0 Å². The second kappa shape index (κ2) is 6.49. The van der Waals surface area contributed by atoms with Crippen molar-refractivity contribution in [3.8, 4) is 0 Å². The fourth-order valence-electron chi connectivity index (χ4n) is 2.60. The Balaban J connectivity index is 1.51. The van der Waals surface area contributed by atoms with E-state index in [1.807, 2.05) is 54.6 Å². The van der Waals surface area contributed by atoms with Crippen molar-refractivity contribution in [2.45, 2.75) is 0 Å². The molecule has 0 aliphatic rings. The first kappa shape index (κ1) is 15.0. The summed E-state index contributed by atoms with van der Waals surface area (Å²) >= 11 is 0. The van der Waals surface area contributed by atoms with Crippen LogP contribution in [-0.4, -0.2) is 10.9 Å². The van der Waals surface area contributed by atoms with E-state index in [0.29, 0.717) is 5.69 Å². The maximum absolute atomic E-state index is 12.0. The molecule has 0 aliphatic heterocycles. The van der Waals surface area contributed by atoms with E-state index in [4.69, 9.17) is 4.42 Å². The van der Waals surface area contributed by atoms with Gasteiger partial charge in [0.05, 0.1) is 17.5 Å². The van der Waals surface area contributed by atoms with Crippen molar-refractivity contribution < 1.29 is 9.21 Å². The summed E-state index contributed by atoms with van der Waals surface area (Å²) in [5.41, 5.74) is 3.46. The van der Waals surface area contributed by atoms with Crippen LogP contribution in [0.5, 0.6) is 0 Å². The number of nitrogens with one attached hydrogen (secondary N) is 2. The van der Waals surface area contributed by atoms with Gasteiger partial charge in [0.15, 0.2) is 5.76 Å². The van der Waals surface area contributed by atoms with Crippen LogP contribution in [0.15, 0.2) is 83.6 Å². The van der Waals surface area contributed by atoms with Crippen LogP contribution in [0.2, 0.25) is 0 Å². The van der Waals surface area contributed by atoms with Crippen molar-refractivity contribution >= 4 is 33.9 Å². The summed E-state index contributed by atoms with van der Waals surface area (Å²) in [5.74, 6) is 0.00740. The van der Waals surface area contributed by atoms with Crippen LogP contribution >= 0.6 is 0 Å². The first-order valence-electron chi connectivity index (χ1n) is 7.85. The van der Waals surface area contributed by atoms with E-state index in [9.17, 15) is 4.79 Å². The predicted octanol–water partition coefficient (Wildman–Crippen LogP) is 4.82. The first-order chi connectivity index (χ1) is 12.3. The standard InChI is InChI=1S/C20H15N3O2/c24-20(18-7-3-13-25-18)23-16-10-8-15(9-11-16)22-17-6-1-4-14-5-2-12-21-19(14)17/h1-13,22H,(H,23,24). The van der Waals surface area contributed by atoms with Gasteiger partial charge in [0.25, 0.3) is 5.91 Å². The van der Waals surface area contributed by atoms with Gasteiger partial charge in [0.2, 0.25) is 0 Å². The summed E-state index contributed by atoms with van der Waals surface area (Å²) in [4.78, 5) is 16.4. The molecule has 122 valence electrons. The van der Waals surface area contributed by atoms with Gasteiger partial charge in [-0.25, -0.2) is 0 Å². The molecule has 0 fully saturated rings. The highest BCUT2D eigenvalue weighted by molar-refractivity contribution is 6.02. The monoisotopic (exact) mass is 329 g/mol. The van der Waals surface area contributed by atoms with Crippen LogP contribution in [0, 0.1) is 0 Å². The highest BCUT2D eigenvalue weighted by atomic mass is 16.3. The Kier molecular flexibility index (Phi) is 3.88. The SMILES string of the molecule is O=C(Nc1ccc(Nc2cccc3cccnc23)cc1)c1ccco1. The molecule has 4 rings (SSSR count). The van der Waals surface area contributed by atoms with Crippen molar-refractivity contribution in [2.75, 3.05) is 10.6 Å². The Hall–Kier alpha value is -3.60. The van der Waals surface area contributed by atoms with Crippen LogP contribution in [0.4, 0.5) is 17.1 Å². The Morgan fingerprint density at radius 1 is 0.880 bits per heavy atom. The van der Waals surface area contributed by atoms with Crippen LogP contribution in [-0.2, 0) is 0 Å². The number of carbonyl (C=O) groups excluding carboxylic acids is 1. The first-order valence-corrected chi connectivity index (χ1v) is 7.85. The number of nitrogens with zero attached hydrogens (tertiary/aromatic N) is 1. The fraction of sp³-hybridized carbons (Fsp3) is 0. The average molecular weight is 329 g/mol. The van der Waals surface area contributed by atoms with Crippen LogP contribution in [0.1, 0.15) is 10.6 Å². The predicted molar refractivity (Wildman–Crippen MR) is 98.1 cm³/mol. The van der Waals surface area contributed by atoms with Gasteiger partial charge in [0.1, 0.15) is 0 Å². The minimum absolute atomic E-state index is 0.274. The second-order valence-corrected chi connectivity index (χ2v) is 5.51. The number of furan rings is 1. The van der Waals surface area contributed by atoms with Gasteiger partial charge in [-0.05, 0) is 48.5 Å². The average Bonchev–Trinajstić information content (AvgIpc) is 3.19. The molecule has 0 aliphatic carbocycles. The lowest BCUT2D eigenvalue weighted by atomic mass is 10.2. The lowest BCUT2D eigenvalue weighted by molar-refractivity contribution is 0.0996. The zero-order chi connectivity index (χ0) is 17.1. The molecule has 4 aromatic rings. The number of anilines is 3. The molecule has 1 amide bonds.